The molecule has 2 amide bonds. The van der Waals surface area contributed by atoms with E-state index >= 15 is 0 Å². The molecule has 144 valence electrons. The van der Waals surface area contributed by atoms with Gasteiger partial charge in [0.15, 0.2) is 5.69 Å². The van der Waals surface area contributed by atoms with Crippen molar-refractivity contribution in [1.82, 2.24) is 14.7 Å². The first-order valence-corrected chi connectivity index (χ1v) is 8.79. The van der Waals surface area contributed by atoms with Crippen LogP contribution in [0.4, 0.5) is 0 Å². The van der Waals surface area contributed by atoms with Crippen molar-refractivity contribution in [3.8, 4) is 22.8 Å². The number of nitrogens with zero attached hydrogens (tertiary/aromatic N) is 3. The summed E-state index contributed by atoms with van der Waals surface area (Å²) in [7, 11) is 4.97. The summed E-state index contributed by atoms with van der Waals surface area (Å²) < 4.78 is 12.4. The van der Waals surface area contributed by atoms with Crippen LogP contribution in [0.15, 0.2) is 24.3 Å². The summed E-state index contributed by atoms with van der Waals surface area (Å²) in [6, 6.07) is 7.23. The molecule has 0 unspecified atom stereocenters. The summed E-state index contributed by atoms with van der Waals surface area (Å²) >= 11 is 0. The maximum atomic E-state index is 12.8. The van der Waals surface area contributed by atoms with E-state index in [1.807, 2.05) is 18.2 Å². The lowest BCUT2D eigenvalue weighted by Gasteiger charge is -2.29. The highest BCUT2D eigenvalue weighted by atomic mass is 16.5. The van der Waals surface area contributed by atoms with Crippen LogP contribution in [0.2, 0.25) is 0 Å². The van der Waals surface area contributed by atoms with Crippen molar-refractivity contribution in [2.75, 3.05) is 27.3 Å². The van der Waals surface area contributed by atoms with Gasteiger partial charge in [0.1, 0.15) is 11.5 Å². The van der Waals surface area contributed by atoms with Gasteiger partial charge in [-0.05, 0) is 37.1 Å². The smallest absolute Gasteiger partial charge is 0.274 e. The normalized spacial score (nSPS) is 14.9. The Morgan fingerprint density at radius 3 is 2.44 bits per heavy atom. The van der Waals surface area contributed by atoms with Crippen molar-refractivity contribution in [3.63, 3.8) is 0 Å². The quantitative estimate of drug-likeness (QED) is 0.856. The third kappa shape index (κ3) is 3.74. The van der Waals surface area contributed by atoms with E-state index in [0.29, 0.717) is 43.1 Å². The molecule has 1 aliphatic heterocycles. The Labute approximate surface area is 157 Å². The molecule has 8 heteroatoms. The predicted octanol–water partition coefficient (Wildman–Crippen LogP) is 1.44. The lowest BCUT2D eigenvalue weighted by atomic mass is 9.96. The van der Waals surface area contributed by atoms with Crippen molar-refractivity contribution >= 4 is 11.8 Å². The van der Waals surface area contributed by atoms with Gasteiger partial charge in [0.05, 0.1) is 19.9 Å². The van der Waals surface area contributed by atoms with Gasteiger partial charge in [-0.1, -0.05) is 0 Å². The highest BCUT2D eigenvalue weighted by Gasteiger charge is 2.28. The number of aryl methyl sites for hydroxylation is 1. The molecule has 8 nitrogen and oxygen atoms in total. The minimum Gasteiger partial charge on any atom is -0.497 e. The summed E-state index contributed by atoms with van der Waals surface area (Å²) in [5.41, 5.74) is 7.26. The number of amides is 2. The maximum Gasteiger partial charge on any atom is 0.274 e. The molecule has 2 N–H and O–H groups in total. The minimum atomic E-state index is -0.299. The van der Waals surface area contributed by atoms with E-state index in [2.05, 4.69) is 5.10 Å². The molecule has 1 saturated heterocycles. The first-order chi connectivity index (χ1) is 12.9. The molecule has 1 fully saturated rings. The fourth-order valence-electron chi connectivity index (χ4n) is 3.37. The van der Waals surface area contributed by atoms with E-state index in [4.69, 9.17) is 15.2 Å². The molecule has 0 radical (unpaired) electrons. The Balaban J connectivity index is 1.85. The van der Waals surface area contributed by atoms with Crippen molar-refractivity contribution < 1.29 is 19.1 Å². The number of piperidine rings is 1. The molecule has 0 bridgehead atoms. The topological polar surface area (TPSA) is 99.7 Å². The number of hydrogen-bond donors (Lipinski definition) is 1. The average Bonchev–Trinajstić information content (AvgIpc) is 3.08. The Bertz CT molecular complexity index is 853. The molecule has 1 aromatic carbocycles. The van der Waals surface area contributed by atoms with Gasteiger partial charge < -0.3 is 20.1 Å². The Kier molecular flexibility index (Phi) is 5.34. The molecule has 2 aromatic rings. The van der Waals surface area contributed by atoms with E-state index < -0.39 is 0 Å². The van der Waals surface area contributed by atoms with Gasteiger partial charge in [0.2, 0.25) is 5.91 Å². The van der Waals surface area contributed by atoms with Gasteiger partial charge in [0.25, 0.3) is 5.91 Å². The number of likely N-dealkylation sites (tertiary alicyclic amines) is 1. The standard InChI is InChI=1S/C19H24N4O4/c1-22-16(14-10-13(26-2)4-5-17(14)27-3)11-15(21-22)19(25)23-8-6-12(7-9-23)18(20)24/h4-5,10-12H,6-9H2,1-3H3,(H2,20,24). The van der Waals surface area contributed by atoms with Crippen LogP contribution in [0.3, 0.4) is 0 Å². The number of primary amides is 1. The zero-order valence-corrected chi connectivity index (χ0v) is 15.8. The summed E-state index contributed by atoms with van der Waals surface area (Å²) in [5.74, 6) is 0.747. The average molecular weight is 372 g/mol. The van der Waals surface area contributed by atoms with Crippen LogP contribution in [0.25, 0.3) is 11.3 Å². The highest BCUT2D eigenvalue weighted by molar-refractivity contribution is 5.94. The van der Waals surface area contributed by atoms with E-state index in [1.165, 1.54) is 0 Å². The SMILES string of the molecule is COc1ccc(OC)c(-c2cc(C(=O)N3CCC(C(N)=O)CC3)nn2C)c1. The summed E-state index contributed by atoms with van der Waals surface area (Å²) in [6.45, 7) is 1.00. The molecule has 0 spiro atoms. The van der Waals surface area contributed by atoms with Crippen LogP contribution in [-0.2, 0) is 11.8 Å². The zero-order chi connectivity index (χ0) is 19.6. The number of methoxy groups -OCH3 is 2. The number of rotatable bonds is 5. The second kappa shape index (κ2) is 7.69. The highest BCUT2D eigenvalue weighted by Crippen LogP contribution is 2.33. The fourth-order valence-corrected chi connectivity index (χ4v) is 3.37. The molecule has 27 heavy (non-hydrogen) atoms. The Morgan fingerprint density at radius 1 is 1.15 bits per heavy atom. The second-order valence-corrected chi connectivity index (χ2v) is 6.57. The number of benzene rings is 1. The van der Waals surface area contributed by atoms with E-state index in [-0.39, 0.29) is 17.7 Å². The molecule has 1 aromatic heterocycles. The van der Waals surface area contributed by atoms with Gasteiger partial charge >= 0.3 is 0 Å². The molecule has 0 atom stereocenters. The van der Waals surface area contributed by atoms with E-state index in [9.17, 15) is 9.59 Å². The Morgan fingerprint density at radius 2 is 1.85 bits per heavy atom. The third-order valence-electron chi connectivity index (χ3n) is 4.97. The Hall–Kier alpha value is -3.03. The van der Waals surface area contributed by atoms with Crippen LogP contribution < -0.4 is 15.2 Å². The maximum absolute atomic E-state index is 12.8. The van der Waals surface area contributed by atoms with Crippen molar-refractivity contribution in [3.05, 3.63) is 30.0 Å². The predicted molar refractivity (Wildman–Crippen MR) is 99.6 cm³/mol. The molecule has 0 aliphatic carbocycles. The second-order valence-electron chi connectivity index (χ2n) is 6.57. The fraction of sp³-hybridized carbons (Fsp3) is 0.421. The van der Waals surface area contributed by atoms with E-state index in [0.717, 1.165) is 11.3 Å². The number of hydrogen-bond acceptors (Lipinski definition) is 5. The summed E-state index contributed by atoms with van der Waals surface area (Å²) in [6.07, 6.45) is 1.18. The first kappa shape index (κ1) is 18.8. The number of nitrogens with two attached hydrogens (primary N) is 1. The molecule has 0 saturated carbocycles. The van der Waals surface area contributed by atoms with Crippen molar-refractivity contribution in [1.29, 1.82) is 0 Å². The third-order valence-corrected chi connectivity index (χ3v) is 4.97. The van der Waals surface area contributed by atoms with Gasteiger partial charge in [-0.15, -0.1) is 0 Å². The van der Waals surface area contributed by atoms with Gasteiger partial charge in [0, 0.05) is 31.6 Å². The summed E-state index contributed by atoms with van der Waals surface area (Å²) in [4.78, 5) is 25.8. The zero-order valence-electron chi connectivity index (χ0n) is 15.8. The molecule has 3 rings (SSSR count). The lowest BCUT2D eigenvalue weighted by Crippen LogP contribution is -2.41. The molecule has 1 aliphatic rings. The van der Waals surface area contributed by atoms with Crippen LogP contribution >= 0.6 is 0 Å². The lowest BCUT2D eigenvalue weighted by molar-refractivity contribution is -0.123. The minimum absolute atomic E-state index is 0.151. The molecule has 2 heterocycles. The number of ether oxygens (including phenoxy) is 2. The largest absolute Gasteiger partial charge is 0.497 e. The molecular formula is C19H24N4O4. The van der Waals surface area contributed by atoms with Gasteiger partial charge in [-0.2, -0.15) is 5.10 Å². The van der Waals surface area contributed by atoms with Gasteiger partial charge in [-0.3, -0.25) is 14.3 Å². The summed E-state index contributed by atoms with van der Waals surface area (Å²) in [5, 5.41) is 4.38. The van der Waals surface area contributed by atoms with Crippen LogP contribution in [0.1, 0.15) is 23.3 Å². The van der Waals surface area contributed by atoms with Crippen LogP contribution in [0, 0.1) is 5.92 Å². The number of aromatic nitrogens is 2. The van der Waals surface area contributed by atoms with Crippen molar-refractivity contribution in [2.24, 2.45) is 18.7 Å². The monoisotopic (exact) mass is 372 g/mol. The number of carbonyl (C=O) groups excluding carboxylic acids is 2. The van der Waals surface area contributed by atoms with Crippen LogP contribution in [0.5, 0.6) is 11.5 Å². The number of carbonyl (C=O) groups is 2. The van der Waals surface area contributed by atoms with Gasteiger partial charge in [-0.25, -0.2) is 0 Å². The molecular weight excluding hydrogens is 348 g/mol. The van der Waals surface area contributed by atoms with E-state index in [1.54, 1.807) is 36.9 Å². The van der Waals surface area contributed by atoms with Crippen molar-refractivity contribution in [2.45, 2.75) is 12.8 Å². The first-order valence-electron chi connectivity index (χ1n) is 8.79. The van der Waals surface area contributed by atoms with Crippen LogP contribution in [-0.4, -0.2) is 53.8 Å².